The van der Waals surface area contributed by atoms with E-state index in [1.54, 1.807) is 6.20 Å². The number of anilines is 1. The van der Waals surface area contributed by atoms with Gasteiger partial charge in [0.25, 0.3) is 15.9 Å². The first kappa shape index (κ1) is 18.3. The van der Waals surface area contributed by atoms with Crippen LogP contribution in [0.2, 0.25) is 0 Å². The Morgan fingerprint density at radius 2 is 2.00 bits per heavy atom. The number of furan rings is 1. The lowest BCUT2D eigenvalue weighted by Gasteiger charge is -2.07. The van der Waals surface area contributed by atoms with Crippen LogP contribution in [-0.4, -0.2) is 37.7 Å². The van der Waals surface area contributed by atoms with Crippen molar-refractivity contribution in [2.24, 2.45) is 0 Å². The molecule has 7 nitrogen and oxygen atoms in total. The largest absolute Gasteiger partial charge is 0.451 e. The molecule has 1 N–H and O–H groups in total. The Hall–Kier alpha value is -2.49. The third kappa shape index (κ3) is 3.55. The fraction of sp³-hybridized carbons (Fsp3) is 0.176. The van der Waals surface area contributed by atoms with Crippen molar-refractivity contribution in [3.8, 4) is 10.4 Å². The molecule has 26 heavy (non-hydrogen) atoms. The first-order valence-electron chi connectivity index (χ1n) is 7.63. The van der Waals surface area contributed by atoms with Gasteiger partial charge in [-0.2, -0.15) is 0 Å². The molecule has 0 aliphatic heterocycles. The number of rotatable bonds is 5. The van der Waals surface area contributed by atoms with Crippen LogP contribution in [0.3, 0.4) is 0 Å². The van der Waals surface area contributed by atoms with E-state index in [1.807, 2.05) is 31.2 Å². The fourth-order valence-electron chi connectivity index (χ4n) is 2.23. The molecule has 3 rings (SSSR count). The molecule has 0 fully saturated rings. The standard InChI is InChI=1S/C17H17N3O4S2/c1-11-6-4-5-7-13(11)14-9-18-17(25-14)19-16(21)12-8-15(24-10-12)26(22,23)20(2)3/h4-10H,1-3H3,(H,18,19,21). The van der Waals surface area contributed by atoms with Gasteiger partial charge in [-0.3, -0.25) is 10.1 Å². The summed E-state index contributed by atoms with van der Waals surface area (Å²) in [7, 11) is -0.947. The van der Waals surface area contributed by atoms with Gasteiger partial charge in [-0.1, -0.05) is 35.6 Å². The molecule has 0 saturated carbocycles. The Labute approximate surface area is 155 Å². The van der Waals surface area contributed by atoms with Crippen LogP contribution in [0.5, 0.6) is 0 Å². The first-order valence-corrected chi connectivity index (χ1v) is 9.89. The van der Waals surface area contributed by atoms with Gasteiger partial charge in [0.2, 0.25) is 5.09 Å². The normalized spacial score (nSPS) is 11.7. The van der Waals surface area contributed by atoms with Gasteiger partial charge in [0, 0.05) is 26.4 Å². The molecule has 136 valence electrons. The Morgan fingerprint density at radius 1 is 1.27 bits per heavy atom. The number of nitrogens with one attached hydrogen (secondary N) is 1. The van der Waals surface area contributed by atoms with Crippen molar-refractivity contribution in [3.05, 3.63) is 53.9 Å². The molecule has 0 radical (unpaired) electrons. The SMILES string of the molecule is Cc1ccccc1-c1cnc(NC(=O)c2coc(S(=O)(=O)N(C)C)c2)s1. The van der Waals surface area contributed by atoms with Gasteiger partial charge in [-0.05, 0) is 18.1 Å². The second-order valence-electron chi connectivity index (χ2n) is 5.74. The lowest BCUT2D eigenvalue weighted by atomic mass is 10.1. The summed E-state index contributed by atoms with van der Waals surface area (Å²) in [6.07, 6.45) is 2.81. The van der Waals surface area contributed by atoms with E-state index in [-0.39, 0.29) is 10.7 Å². The lowest BCUT2D eigenvalue weighted by molar-refractivity contribution is 0.102. The zero-order valence-electron chi connectivity index (χ0n) is 14.4. The minimum Gasteiger partial charge on any atom is -0.451 e. The average Bonchev–Trinajstić information content (AvgIpc) is 3.24. The van der Waals surface area contributed by atoms with Crippen LogP contribution in [0.4, 0.5) is 5.13 Å². The second kappa shape index (κ2) is 7.02. The Morgan fingerprint density at radius 3 is 2.69 bits per heavy atom. The molecule has 2 heterocycles. The number of carbonyl (C=O) groups is 1. The summed E-state index contributed by atoms with van der Waals surface area (Å²) in [5, 5.41) is 2.80. The number of thiazole rings is 1. The van der Waals surface area contributed by atoms with Crippen molar-refractivity contribution in [2.45, 2.75) is 12.0 Å². The molecule has 0 aliphatic carbocycles. The van der Waals surface area contributed by atoms with Crippen molar-refractivity contribution in [3.63, 3.8) is 0 Å². The molecule has 9 heteroatoms. The first-order chi connectivity index (χ1) is 12.3. The van der Waals surface area contributed by atoms with Gasteiger partial charge >= 0.3 is 0 Å². The number of sulfonamides is 1. The van der Waals surface area contributed by atoms with Crippen LogP contribution in [-0.2, 0) is 10.0 Å². The maximum atomic E-state index is 12.3. The molecular weight excluding hydrogens is 374 g/mol. The van der Waals surface area contributed by atoms with Crippen LogP contribution in [0, 0.1) is 6.92 Å². The van der Waals surface area contributed by atoms with Gasteiger partial charge < -0.3 is 4.42 Å². The topological polar surface area (TPSA) is 92.5 Å². The number of aryl methyl sites for hydroxylation is 1. The monoisotopic (exact) mass is 391 g/mol. The minimum absolute atomic E-state index is 0.109. The van der Waals surface area contributed by atoms with Gasteiger partial charge in [0.1, 0.15) is 6.26 Å². The summed E-state index contributed by atoms with van der Waals surface area (Å²) in [6, 6.07) is 9.09. The average molecular weight is 391 g/mol. The van der Waals surface area contributed by atoms with E-state index in [9.17, 15) is 13.2 Å². The highest BCUT2D eigenvalue weighted by Gasteiger charge is 2.23. The maximum Gasteiger partial charge on any atom is 0.275 e. The smallest absolute Gasteiger partial charge is 0.275 e. The molecule has 1 amide bonds. The maximum absolute atomic E-state index is 12.3. The number of hydrogen-bond donors (Lipinski definition) is 1. The van der Waals surface area contributed by atoms with E-state index in [4.69, 9.17) is 4.42 Å². The molecule has 2 aromatic heterocycles. The van der Waals surface area contributed by atoms with E-state index < -0.39 is 15.9 Å². The molecular formula is C17H17N3O4S2. The zero-order valence-corrected chi connectivity index (χ0v) is 16.0. The van der Waals surface area contributed by atoms with Crippen LogP contribution in [0.25, 0.3) is 10.4 Å². The number of hydrogen-bond acceptors (Lipinski definition) is 6. The van der Waals surface area contributed by atoms with Crippen LogP contribution in [0.1, 0.15) is 15.9 Å². The van der Waals surface area contributed by atoms with Gasteiger partial charge in [0.05, 0.1) is 10.4 Å². The lowest BCUT2D eigenvalue weighted by Crippen LogP contribution is -2.21. The summed E-state index contributed by atoms with van der Waals surface area (Å²) in [5.74, 6) is -0.486. The zero-order chi connectivity index (χ0) is 18.9. The Balaban J connectivity index is 1.78. The van der Waals surface area contributed by atoms with E-state index in [0.29, 0.717) is 5.13 Å². The third-order valence-corrected chi connectivity index (χ3v) is 6.34. The Bertz CT molecular complexity index is 1050. The van der Waals surface area contributed by atoms with Gasteiger partial charge in [0.15, 0.2) is 5.13 Å². The second-order valence-corrected chi connectivity index (χ2v) is 8.85. The van der Waals surface area contributed by atoms with Crippen molar-refractivity contribution < 1.29 is 17.6 Å². The highest BCUT2D eigenvalue weighted by molar-refractivity contribution is 7.88. The van der Waals surface area contributed by atoms with Gasteiger partial charge in [-0.15, -0.1) is 0 Å². The van der Waals surface area contributed by atoms with Crippen molar-refractivity contribution in [1.29, 1.82) is 0 Å². The number of carbonyl (C=O) groups excluding carboxylic acids is 1. The molecule has 0 atom stereocenters. The van der Waals surface area contributed by atoms with Crippen molar-refractivity contribution in [2.75, 3.05) is 19.4 Å². The highest BCUT2D eigenvalue weighted by atomic mass is 32.2. The van der Waals surface area contributed by atoms with Crippen molar-refractivity contribution in [1.82, 2.24) is 9.29 Å². The van der Waals surface area contributed by atoms with Crippen LogP contribution in [0.15, 0.2) is 52.3 Å². The molecule has 0 spiro atoms. The molecule has 0 bridgehead atoms. The quantitative estimate of drug-likeness (QED) is 0.721. The number of benzene rings is 1. The number of aromatic nitrogens is 1. The molecule has 1 aromatic carbocycles. The van der Waals surface area contributed by atoms with E-state index in [2.05, 4.69) is 10.3 Å². The molecule has 0 saturated heterocycles. The van der Waals surface area contributed by atoms with Gasteiger partial charge in [-0.25, -0.2) is 17.7 Å². The third-order valence-electron chi connectivity index (χ3n) is 3.71. The summed E-state index contributed by atoms with van der Waals surface area (Å²) in [4.78, 5) is 17.5. The summed E-state index contributed by atoms with van der Waals surface area (Å²) < 4.78 is 30.1. The molecule has 0 unspecified atom stereocenters. The molecule has 3 aromatic rings. The minimum atomic E-state index is -3.73. The number of nitrogens with zero attached hydrogens (tertiary/aromatic N) is 2. The highest BCUT2D eigenvalue weighted by Crippen LogP contribution is 2.31. The van der Waals surface area contributed by atoms with Crippen molar-refractivity contribution >= 4 is 32.4 Å². The summed E-state index contributed by atoms with van der Waals surface area (Å²) in [6.45, 7) is 2.01. The van der Waals surface area contributed by atoms with Crippen LogP contribution >= 0.6 is 11.3 Å². The van der Waals surface area contributed by atoms with E-state index in [0.717, 1.165) is 26.6 Å². The summed E-state index contributed by atoms with van der Waals surface area (Å²) >= 11 is 1.34. The predicted molar refractivity (Wildman–Crippen MR) is 99.8 cm³/mol. The Kier molecular flexibility index (Phi) is 4.94. The fourth-order valence-corrected chi connectivity index (χ4v) is 3.93. The van der Waals surface area contributed by atoms with E-state index in [1.165, 1.54) is 31.5 Å². The molecule has 0 aliphatic rings. The number of amides is 1. The van der Waals surface area contributed by atoms with E-state index >= 15 is 0 Å². The van der Waals surface area contributed by atoms with Crippen LogP contribution < -0.4 is 5.32 Å². The summed E-state index contributed by atoms with van der Waals surface area (Å²) in [5.41, 5.74) is 2.27. The predicted octanol–water partition coefficient (Wildman–Crippen LogP) is 3.21.